The van der Waals surface area contributed by atoms with Crippen LogP contribution in [0, 0.1) is 16.7 Å². The normalized spacial score (nSPS) is 22.8. The van der Waals surface area contributed by atoms with Gasteiger partial charge in [-0.1, -0.05) is 41.5 Å². The Morgan fingerprint density at radius 2 is 1.71 bits per heavy atom. The molecule has 1 nitrogen and oxygen atoms in total. The van der Waals surface area contributed by atoms with Crippen molar-refractivity contribution >= 4 is 11.8 Å². The van der Waals surface area contributed by atoms with Gasteiger partial charge in [-0.15, -0.1) is 11.8 Å². The summed E-state index contributed by atoms with van der Waals surface area (Å²) in [5.74, 6) is 0.840. The molecule has 0 aromatic heterocycles. The van der Waals surface area contributed by atoms with Gasteiger partial charge in [0.1, 0.15) is 0 Å². The standard InChI is InChI=1S/C15H26OS/c1-14(2,3)11-8-10(17-7)9-12(13(11)16)15(4,5)6/h8,12,16H,9H2,1-7H3. The lowest BCUT2D eigenvalue weighted by molar-refractivity contribution is 0.190. The average Bonchev–Trinajstić information content (AvgIpc) is 2.14. The third kappa shape index (κ3) is 3.31. The molecule has 1 unspecified atom stereocenters. The maximum absolute atomic E-state index is 10.5. The van der Waals surface area contributed by atoms with Crippen LogP contribution in [0.15, 0.2) is 22.3 Å². The summed E-state index contributed by atoms with van der Waals surface area (Å²) in [4.78, 5) is 1.38. The number of thioether (sulfide) groups is 1. The van der Waals surface area contributed by atoms with Crippen molar-refractivity contribution in [2.75, 3.05) is 6.26 Å². The molecule has 98 valence electrons. The lowest BCUT2D eigenvalue weighted by Crippen LogP contribution is -2.28. The van der Waals surface area contributed by atoms with Crippen LogP contribution in [-0.4, -0.2) is 11.4 Å². The summed E-state index contributed by atoms with van der Waals surface area (Å²) < 4.78 is 0. The Balaban J connectivity index is 3.26. The lowest BCUT2D eigenvalue weighted by atomic mass is 9.71. The lowest BCUT2D eigenvalue weighted by Gasteiger charge is -2.37. The van der Waals surface area contributed by atoms with E-state index in [1.807, 2.05) is 0 Å². The largest absolute Gasteiger partial charge is 0.512 e. The Kier molecular flexibility index (Phi) is 4.08. The summed E-state index contributed by atoms with van der Waals surface area (Å²) in [5, 5.41) is 10.5. The topological polar surface area (TPSA) is 20.2 Å². The van der Waals surface area contributed by atoms with E-state index in [9.17, 15) is 5.11 Å². The molecule has 0 amide bonds. The first kappa shape index (κ1) is 14.7. The molecular weight excluding hydrogens is 228 g/mol. The van der Waals surface area contributed by atoms with Gasteiger partial charge >= 0.3 is 0 Å². The molecular formula is C15H26OS. The zero-order valence-electron chi connectivity index (χ0n) is 12.2. The highest BCUT2D eigenvalue weighted by atomic mass is 32.2. The summed E-state index contributed by atoms with van der Waals surface area (Å²) in [6.45, 7) is 13.1. The van der Waals surface area contributed by atoms with E-state index in [0.717, 1.165) is 12.0 Å². The number of aliphatic hydroxyl groups excluding tert-OH is 1. The van der Waals surface area contributed by atoms with Crippen LogP contribution < -0.4 is 0 Å². The Morgan fingerprint density at radius 1 is 1.18 bits per heavy atom. The molecule has 0 aromatic carbocycles. The van der Waals surface area contributed by atoms with E-state index in [1.54, 1.807) is 11.8 Å². The Bertz CT molecular complexity index is 350. The molecule has 1 rings (SSSR count). The number of aliphatic hydroxyl groups is 1. The quantitative estimate of drug-likeness (QED) is 0.697. The molecule has 0 bridgehead atoms. The zero-order valence-corrected chi connectivity index (χ0v) is 13.0. The second kappa shape index (κ2) is 4.72. The van der Waals surface area contributed by atoms with E-state index < -0.39 is 0 Å². The van der Waals surface area contributed by atoms with Crippen molar-refractivity contribution in [2.24, 2.45) is 16.7 Å². The van der Waals surface area contributed by atoms with Gasteiger partial charge in [-0.05, 0) is 40.1 Å². The summed E-state index contributed by atoms with van der Waals surface area (Å²) in [7, 11) is 0. The first-order chi connectivity index (χ1) is 7.57. The SMILES string of the molecule is CSC1=CC(C(C)(C)C)=C(O)C(C(C)(C)C)C1. The van der Waals surface area contributed by atoms with Crippen LogP contribution in [-0.2, 0) is 0 Å². The first-order valence-electron chi connectivity index (χ1n) is 6.25. The molecule has 0 saturated carbocycles. The van der Waals surface area contributed by atoms with Crippen molar-refractivity contribution in [1.82, 2.24) is 0 Å². The molecule has 0 heterocycles. The fourth-order valence-corrected chi connectivity index (χ4v) is 2.81. The molecule has 2 heteroatoms. The molecule has 17 heavy (non-hydrogen) atoms. The molecule has 0 fully saturated rings. The molecule has 1 aliphatic carbocycles. The number of rotatable bonds is 1. The van der Waals surface area contributed by atoms with Gasteiger partial charge in [-0.25, -0.2) is 0 Å². The van der Waals surface area contributed by atoms with Crippen molar-refractivity contribution in [2.45, 2.75) is 48.0 Å². The van der Waals surface area contributed by atoms with E-state index >= 15 is 0 Å². The molecule has 0 radical (unpaired) electrons. The first-order valence-corrected chi connectivity index (χ1v) is 7.48. The molecule has 1 aliphatic rings. The minimum atomic E-state index is 0.00891. The van der Waals surface area contributed by atoms with Gasteiger partial charge in [0.2, 0.25) is 0 Å². The summed E-state index contributed by atoms with van der Waals surface area (Å²) in [6, 6.07) is 0. The fourth-order valence-electron chi connectivity index (χ4n) is 2.24. The van der Waals surface area contributed by atoms with E-state index in [2.05, 4.69) is 53.9 Å². The van der Waals surface area contributed by atoms with Crippen LogP contribution in [0.3, 0.4) is 0 Å². The van der Waals surface area contributed by atoms with Crippen molar-refractivity contribution in [1.29, 1.82) is 0 Å². The highest BCUT2D eigenvalue weighted by molar-refractivity contribution is 8.02. The van der Waals surface area contributed by atoms with Crippen molar-refractivity contribution in [3.8, 4) is 0 Å². The second-order valence-electron chi connectivity index (χ2n) is 6.99. The third-order valence-electron chi connectivity index (χ3n) is 3.43. The monoisotopic (exact) mass is 254 g/mol. The van der Waals surface area contributed by atoms with Gasteiger partial charge in [-0.2, -0.15) is 0 Å². The number of allylic oxidation sites excluding steroid dienone is 4. The third-order valence-corrected chi connectivity index (χ3v) is 4.24. The molecule has 0 spiro atoms. The van der Waals surface area contributed by atoms with Crippen molar-refractivity contribution in [3.05, 3.63) is 22.3 Å². The molecule has 1 atom stereocenters. The van der Waals surface area contributed by atoms with Crippen molar-refractivity contribution < 1.29 is 5.11 Å². The number of hydrogen-bond donors (Lipinski definition) is 1. The second-order valence-corrected chi connectivity index (χ2v) is 7.92. The number of hydrogen-bond acceptors (Lipinski definition) is 2. The highest BCUT2D eigenvalue weighted by Crippen LogP contribution is 2.46. The Labute approximate surface area is 110 Å². The maximum atomic E-state index is 10.5. The Hall–Kier alpha value is -0.370. The molecule has 1 N–H and O–H groups in total. The van der Waals surface area contributed by atoms with Gasteiger partial charge in [-0.3, -0.25) is 0 Å². The van der Waals surface area contributed by atoms with Gasteiger partial charge in [0.05, 0.1) is 5.76 Å². The zero-order chi connectivity index (χ0) is 13.4. The summed E-state index contributed by atoms with van der Waals surface area (Å²) in [6.07, 6.45) is 5.27. The predicted molar refractivity (Wildman–Crippen MR) is 78.3 cm³/mol. The van der Waals surface area contributed by atoms with Crippen LogP contribution in [0.5, 0.6) is 0 Å². The smallest absolute Gasteiger partial charge is 0.0999 e. The van der Waals surface area contributed by atoms with Gasteiger partial charge < -0.3 is 5.11 Å². The van der Waals surface area contributed by atoms with E-state index in [0.29, 0.717) is 5.76 Å². The van der Waals surface area contributed by atoms with Crippen LogP contribution in [0.2, 0.25) is 0 Å². The predicted octanol–water partition coefficient (Wildman–Crippen LogP) is 5.16. The maximum Gasteiger partial charge on any atom is 0.0999 e. The Morgan fingerprint density at radius 3 is 2.06 bits per heavy atom. The summed E-state index contributed by atoms with van der Waals surface area (Å²) in [5.41, 5.74) is 1.22. The van der Waals surface area contributed by atoms with E-state index in [1.165, 1.54) is 4.91 Å². The average molecular weight is 254 g/mol. The highest BCUT2D eigenvalue weighted by Gasteiger charge is 2.35. The van der Waals surface area contributed by atoms with Crippen LogP contribution >= 0.6 is 11.8 Å². The van der Waals surface area contributed by atoms with Gasteiger partial charge in [0.15, 0.2) is 0 Å². The minimum absolute atomic E-state index is 0.00891. The van der Waals surface area contributed by atoms with Crippen LogP contribution in [0.4, 0.5) is 0 Å². The van der Waals surface area contributed by atoms with E-state index in [4.69, 9.17) is 0 Å². The van der Waals surface area contributed by atoms with Gasteiger partial charge in [0, 0.05) is 5.92 Å². The van der Waals surface area contributed by atoms with Crippen LogP contribution in [0.1, 0.15) is 48.0 Å². The molecule has 0 aliphatic heterocycles. The molecule has 0 aromatic rings. The van der Waals surface area contributed by atoms with Gasteiger partial charge in [0.25, 0.3) is 0 Å². The van der Waals surface area contributed by atoms with Crippen LogP contribution in [0.25, 0.3) is 0 Å². The van der Waals surface area contributed by atoms with Crippen molar-refractivity contribution in [3.63, 3.8) is 0 Å². The molecule has 0 saturated heterocycles. The minimum Gasteiger partial charge on any atom is -0.512 e. The van der Waals surface area contributed by atoms with E-state index in [-0.39, 0.29) is 16.7 Å². The fraction of sp³-hybridized carbons (Fsp3) is 0.733. The summed E-state index contributed by atoms with van der Waals surface area (Å²) >= 11 is 1.80.